The van der Waals surface area contributed by atoms with E-state index in [0.29, 0.717) is 15.9 Å². The summed E-state index contributed by atoms with van der Waals surface area (Å²) >= 11 is 7.56. The molecule has 0 aliphatic heterocycles. The van der Waals surface area contributed by atoms with Crippen LogP contribution < -0.4 is 5.32 Å². The van der Waals surface area contributed by atoms with Gasteiger partial charge in [0.2, 0.25) is 11.1 Å². The molecule has 25 heavy (non-hydrogen) atoms. The number of hydrogen-bond acceptors (Lipinski definition) is 4. The quantitative estimate of drug-likeness (QED) is 0.724. The van der Waals surface area contributed by atoms with E-state index in [9.17, 15) is 4.79 Å². The molecule has 5 nitrogen and oxygen atoms in total. The number of nitrogens with one attached hydrogen (secondary N) is 2. The zero-order valence-corrected chi connectivity index (χ0v) is 16.1. The second-order valence-corrected chi connectivity index (χ2v) is 8.04. The van der Waals surface area contributed by atoms with Crippen LogP contribution in [0.3, 0.4) is 0 Å². The third-order valence-electron chi connectivity index (χ3n) is 4.50. The molecular formula is C18H23ClN4OS. The van der Waals surface area contributed by atoms with Crippen LogP contribution in [0, 0.1) is 19.8 Å². The molecule has 1 aliphatic rings. The number of aryl methyl sites for hydroxylation is 2. The number of hydrogen-bond donors (Lipinski definition) is 2. The van der Waals surface area contributed by atoms with Crippen LogP contribution in [-0.4, -0.2) is 26.8 Å². The summed E-state index contributed by atoms with van der Waals surface area (Å²) in [6.45, 7) is 3.92. The normalized spacial score (nSPS) is 14.8. The van der Waals surface area contributed by atoms with Gasteiger partial charge in [0.25, 0.3) is 0 Å². The smallest absolute Gasteiger partial charge is 0.234 e. The largest absolute Gasteiger partial charge is 0.324 e. The predicted molar refractivity (Wildman–Crippen MR) is 102 cm³/mol. The molecule has 0 radical (unpaired) electrons. The van der Waals surface area contributed by atoms with Gasteiger partial charge in [-0.25, -0.2) is 4.98 Å². The van der Waals surface area contributed by atoms with Crippen molar-refractivity contribution in [3.8, 4) is 0 Å². The molecule has 2 N–H and O–H groups in total. The van der Waals surface area contributed by atoms with Crippen molar-refractivity contribution in [1.82, 2.24) is 15.2 Å². The Balaban J connectivity index is 1.51. The molecule has 0 unspecified atom stereocenters. The Labute approximate surface area is 157 Å². The fourth-order valence-electron chi connectivity index (χ4n) is 3.30. The Hall–Kier alpha value is -1.53. The fraction of sp³-hybridized carbons (Fsp3) is 0.500. The lowest BCUT2D eigenvalue weighted by Crippen LogP contribution is -2.15. The van der Waals surface area contributed by atoms with Gasteiger partial charge in [-0.15, -0.1) is 5.10 Å². The zero-order chi connectivity index (χ0) is 17.8. The molecule has 0 saturated heterocycles. The molecule has 1 fully saturated rings. The zero-order valence-electron chi connectivity index (χ0n) is 14.6. The molecule has 0 bridgehead atoms. The number of nitrogens with zero attached hydrogens (tertiary/aromatic N) is 2. The van der Waals surface area contributed by atoms with Gasteiger partial charge in [-0.2, -0.15) is 0 Å². The number of halogens is 1. The van der Waals surface area contributed by atoms with Gasteiger partial charge in [0, 0.05) is 6.42 Å². The molecule has 0 atom stereocenters. The summed E-state index contributed by atoms with van der Waals surface area (Å²) in [6.07, 6.45) is 6.16. The number of aromatic nitrogens is 3. The van der Waals surface area contributed by atoms with Crippen LogP contribution in [0.5, 0.6) is 0 Å². The van der Waals surface area contributed by atoms with Gasteiger partial charge in [-0.3, -0.25) is 9.89 Å². The molecule has 2 aromatic rings. The van der Waals surface area contributed by atoms with Crippen molar-refractivity contribution in [1.29, 1.82) is 0 Å². The first-order valence-electron chi connectivity index (χ1n) is 8.62. The van der Waals surface area contributed by atoms with Crippen molar-refractivity contribution in [2.24, 2.45) is 5.92 Å². The second-order valence-electron chi connectivity index (χ2n) is 6.69. The van der Waals surface area contributed by atoms with Gasteiger partial charge >= 0.3 is 0 Å². The lowest BCUT2D eigenvalue weighted by molar-refractivity contribution is -0.113. The molecule has 1 aromatic carbocycles. The fourth-order valence-corrected chi connectivity index (χ4v) is 4.29. The highest BCUT2D eigenvalue weighted by Crippen LogP contribution is 2.28. The van der Waals surface area contributed by atoms with E-state index in [2.05, 4.69) is 20.5 Å². The molecule has 1 heterocycles. The maximum absolute atomic E-state index is 12.2. The number of carbonyl (C=O) groups is 1. The standard InChI is InChI=1S/C18H23ClN4OS/c1-11-7-12(2)17(14(19)8-11)21-16(24)10-25-18-20-15(22-23-18)9-13-5-3-4-6-13/h7-8,13H,3-6,9-10H2,1-2H3,(H,21,24)(H,20,22,23). The van der Waals surface area contributed by atoms with E-state index in [1.807, 2.05) is 26.0 Å². The van der Waals surface area contributed by atoms with Crippen molar-refractivity contribution >= 4 is 35.0 Å². The van der Waals surface area contributed by atoms with Crippen molar-refractivity contribution < 1.29 is 4.79 Å². The summed E-state index contributed by atoms with van der Waals surface area (Å²) in [4.78, 5) is 16.7. The van der Waals surface area contributed by atoms with Gasteiger partial charge < -0.3 is 5.32 Å². The molecule has 1 aliphatic carbocycles. The molecular weight excluding hydrogens is 356 g/mol. The van der Waals surface area contributed by atoms with Crippen LogP contribution >= 0.6 is 23.4 Å². The maximum atomic E-state index is 12.2. The average molecular weight is 379 g/mol. The molecule has 1 amide bonds. The summed E-state index contributed by atoms with van der Waals surface area (Å²) in [5.74, 6) is 1.79. The summed E-state index contributed by atoms with van der Waals surface area (Å²) in [5, 5.41) is 11.3. The Bertz CT molecular complexity index is 732. The van der Waals surface area contributed by atoms with Crippen molar-refractivity contribution in [3.63, 3.8) is 0 Å². The Morgan fingerprint density at radius 3 is 2.84 bits per heavy atom. The van der Waals surface area contributed by atoms with E-state index in [4.69, 9.17) is 11.6 Å². The minimum atomic E-state index is -0.110. The molecule has 7 heteroatoms. The van der Waals surface area contributed by atoms with Gasteiger partial charge in [0.05, 0.1) is 16.5 Å². The summed E-state index contributed by atoms with van der Waals surface area (Å²) in [7, 11) is 0. The summed E-state index contributed by atoms with van der Waals surface area (Å²) < 4.78 is 0. The van der Waals surface area contributed by atoms with Gasteiger partial charge in [0.15, 0.2) is 0 Å². The van der Waals surface area contributed by atoms with Gasteiger partial charge in [0.1, 0.15) is 5.82 Å². The Morgan fingerprint density at radius 2 is 2.12 bits per heavy atom. The van der Waals surface area contributed by atoms with E-state index in [1.165, 1.54) is 37.4 Å². The number of thioether (sulfide) groups is 1. The molecule has 134 valence electrons. The summed E-state index contributed by atoms with van der Waals surface area (Å²) in [5.41, 5.74) is 2.71. The molecule has 1 aromatic heterocycles. The van der Waals surface area contributed by atoms with E-state index in [-0.39, 0.29) is 11.7 Å². The number of benzene rings is 1. The highest BCUT2D eigenvalue weighted by Gasteiger charge is 2.18. The van der Waals surface area contributed by atoms with Crippen LogP contribution in [0.2, 0.25) is 5.02 Å². The second kappa shape index (κ2) is 8.23. The van der Waals surface area contributed by atoms with Crippen LogP contribution in [0.4, 0.5) is 5.69 Å². The Morgan fingerprint density at radius 1 is 1.36 bits per heavy atom. The molecule has 3 rings (SSSR count). The third-order valence-corrected chi connectivity index (χ3v) is 5.64. The third kappa shape index (κ3) is 4.98. The highest BCUT2D eigenvalue weighted by atomic mass is 35.5. The number of aromatic amines is 1. The van der Waals surface area contributed by atoms with E-state index >= 15 is 0 Å². The number of amides is 1. The van der Waals surface area contributed by atoms with E-state index < -0.39 is 0 Å². The highest BCUT2D eigenvalue weighted by molar-refractivity contribution is 7.99. The van der Waals surface area contributed by atoms with E-state index in [1.54, 1.807) is 0 Å². The molecule has 1 saturated carbocycles. The predicted octanol–water partition coefficient (Wildman–Crippen LogP) is 4.54. The summed E-state index contributed by atoms with van der Waals surface area (Å²) in [6, 6.07) is 3.85. The van der Waals surface area contributed by atoms with Crippen molar-refractivity contribution in [3.05, 3.63) is 34.1 Å². The van der Waals surface area contributed by atoms with Gasteiger partial charge in [-0.05, 0) is 37.0 Å². The van der Waals surface area contributed by atoms with Crippen molar-refractivity contribution in [2.45, 2.75) is 51.1 Å². The number of rotatable bonds is 6. The van der Waals surface area contributed by atoms with Crippen LogP contribution in [0.15, 0.2) is 17.3 Å². The first kappa shape index (κ1) is 18.3. The SMILES string of the molecule is Cc1cc(C)c(NC(=O)CSc2n[nH]c(CC3CCCC3)n2)c(Cl)c1. The van der Waals surface area contributed by atoms with Gasteiger partial charge in [-0.1, -0.05) is 55.1 Å². The number of anilines is 1. The first-order chi connectivity index (χ1) is 12.0. The number of H-pyrrole nitrogens is 1. The maximum Gasteiger partial charge on any atom is 0.234 e. The first-order valence-corrected chi connectivity index (χ1v) is 9.98. The lowest BCUT2D eigenvalue weighted by Gasteiger charge is -2.11. The molecule has 0 spiro atoms. The van der Waals surface area contributed by atoms with Crippen LogP contribution in [0.1, 0.15) is 42.6 Å². The lowest BCUT2D eigenvalue weighted by atomic mass is 10.0. The number of carbonyl (C=O) groups excluding carboxylic acids is 1. The average Bonchev–Trinajstić information content (AvgIpc) is 3.21. The monoisotopic (exact) mass is 378 g/mol. The van der Waals surface area contributed by atoms with Crippen LogP contribution in [-0.2, 0) is 11.2 Å². The minimum absolute atomic E-state index is 0.110. The topological polar surface area (TPSA) is 70.7 Å². The van der Waals surface area contributed by atoms with Crippen LogP contribution in [0.25, 0.3) is 0 Å². The Kier molecular flexibility index (Phi) is 6.02. The van der Waals surface area contributed by atoms with Crippen molar-refractivity contribution in [2.75, 3.05) is 11.1 Å². The minimum Gasteiger partial charge on any atom is -0.324 e. The van der Waals surface area contributed by atoms with E-state index in [0.717, 1.165) is 29.3 Å².